The lowest BCUT2D eigenvalue weighted by Crippen LogP contribution is -2.38. The van der Waals surface area contributed by atoms with Gasteiger partial charge in [0.2, 0.25) is 11.8 Å². The number of amides is 2. The second-order valence-electron chi connectivity index (χ2n) is 7.42. The molecule has 0 spiro atoms. The van der Waals surface area contributed by atoms with E-state index in [1.807, 2.05) is 12.1 Å². The Morgan fingerprint density at radius 3 is 2.17 bits per heavy atom. The zero-order valence-corrected chi connectivity index (χ0v) is 16.7. The largest absolute Gasteiger partial charge is 0.380 e. The first-order chi connectivity index (χ1) is 14.1. The summed E-state index contributed by atoms with van der Waals surface area (Å²) in [5.74, 6) is -5.54. The summed E-state index contributed by atoms with van der Waals surface area (Å²) in [7, 11) is 0. The van der Waals surface area contributed by atoms with Gasteiger partial charge in [-0.15, -0.1) is 0 Å². The highest BCUT2D eigenvalue weighted by molar-refractivity contribution is 6.24. The van der Waals surface area contributed by atoms with Crippen molar-refractivity contribution in [3.05, 3.63) is 59.7 Å². The van der Waals surface area contributed by atoms with Crippen molar-refractivity contribution < 1.29 is 23.1 Å². The van der Waals surface area contributed by atoms with Crippen LogP contribution in [0.3, 0.4) is 0 Å². The standard InChI is InChI=1S/C22H23F2N3O3/c1-13(25)19(21(29)27-18-5-3-4-16(10-18)22(2,23)24)20(28)26-17-8-6-14(7-9-17)15-11-30-12-15/h3-10,15,19,25H,11-12H2,1-2H3,(H,26,28)(H,27,29). The minimum atomic E-state index is -3.06. The molecular weight excluding hydrogens is 392 g/mol. The highest BCUT2D eigenvalue weighted by Crippen LogP contribution is 2.29. The number of ether oxygens (including phenoxy) is 1. The Labute approximate surface area is 173 Å². The van der Waals surface area contributed by atoms with Crippen molar-refractivity contribution in [1.29, 1.82) is 5.41 Å². The third-order valence-electron chi connectivity index (χ3n) is 4.88. The fraction of sp³-hybridized carbons (Fsp3) is 0.318. The summed E-state index contributed by atoms with van der Waals surface area (Å²) in [6, 6.07) is 12.5. The molecule has 1 unspecified atom stereocenters. The Hall–Kier alpha value is -3.13. The first-order valence-corrected chi connectivity index (χ1v) is 9.48. The van der Waals surface area contributed by atoms with Gasteiger partial charge in [0.1, 0.15) is 0 Å². The second-order valence-corrected chi connectivity index (χ2v) is 7.42. The number of benzene rings is 2. The van der Waals surface area contributed by atoms with Crippen molar-refractivity contribution in [3.8, 4) is 0 Å². The number of alkyl halides is 2. The molecule has 0 aromatic heterocycles. The molecule has 1 aliphatic heterocycles. The Morgan fingerprint density at radius 1 is 1.07 bits per heavy atom. The van der Waals surface area contributed by atoms with E-state index in [0.717, 1.165) is 18.6 Å². The van der Waals surface area contributed by atoms with Crippen molar-refractivity contribution in [1.82, 2.24) is 0 Å². The smallest absolute Gasteiger partial charge is 0.270 e. The fourth-order valence-electron chi connectivity index (χ4n) is 3.08. The third kappa shape index (κ3) is 5.07. The minimum absolute atomic E-state index is 0.130. The van der Waals surface area contributed by atoms with Crippen molar-refractivity contribution in [3.63, 3.8) is 0 Å². The Kier molecular flexibility index (Phi) is 6.26. The number of halogens is 2. The summed E-state index contributed by atoms with van der Waals surface area (Å²) >= 11 is 0. The van der Waals surface area contributed by atoms with Crippen LogP contribution in [0.2, 0.25) is 0 Å². The molecule has 1 saturated heterocycles. The molecule has 8 heteroatoms. The predicted molar refractivity (Wildman–Crippen MR) is 110 cm³/mol. The van der Waals surface area contributed by atoms with E-state index in [9.17, 15) is 18.4 Å². The summed E-state index contributed by atoms with van der Waals surface area (Å²) in [5, 5.41) is 12.9. The normalized spacial score (nSPS) is 15.1. The van der Waals surface area contributed by atoms with Crippen LogP contribution in [0.5, 0.6) is 0 Å². The molecule has 1 atom stereocenters. The van der Waals surface area contributed by atoms with Gasteiger partial charge in [-0.05, 0) is 36.8 Å². The van der Waals surface area contributed by atoms with E-state index in [1.54, 1.807) is 12.1 Å². The van der Waals surface area contributed by atoms with Gasteiger partial charge in [-0.1, -0.05) is 24.3 Å². The quantitative estimate of drug-likeness (QED) is 0.469. The molecule has 30 heavy (non-hydrogen) atoms. The van der Waals surface area contributed by atoms with Crippen LogP contribution in [0.1, 0.15) is 30.9 Å². The van der Waals surface area contributed by atoms with Crippen LogP contribution in [0.25, 0.3) is 0 Å². The molecule has 1 heterocycles. The predicted octanol–water partition coefficient (Wildman–Crippen LogP) is 4.15. The molecule has 6 nitrogen and oxygen atoms in total. The zero-order valence-electron chi connectivity index (χ0n) is 16.7. The first kappa shape index (κ1) is 21.6. The van der Waals surface area contributed by atoms with Crippen molar-refractivity contribution >= 4 is 28.9 Å². The van der Waals surface area contributed by atoms with Gasteiger partial charge >= 0.3 is 0 Å². The average Bonchev–Trinajstić information content (AvgIpc) is 2.61. The monoisotopic (exact) mass is 415 g/mol. The average molecular weight is 415 g/mol. The molecular formula is C22H23F2N3O3. The van der Waals surface area contributed by atoms with Gasteiger partial charge < -0.3 is 20.8 Å². The van der Waals surface area contributed by atoms with Crippen LogP contribution in [0.4, 0.5) is 20.2 Å². The van der Waals surface area contributed by atoms with Crippen LogP contribution in [0, 0.1) is 11.3 Å². The Morgan fingerprint density at radius 2 is 1.67 bits per heavy atom. The number of rotatable bonds is 7. The number of carbonyl (C=O) groups excluding carboxylic acids is 2. The lowest BCUT2D eigenvalue weighted by molar-refractivity contribution is -0.126. The topological polar surface area (TPSA) is 91.3 Å². The number of hydrogen-bond acceptors (Lipinski definition) is 4. The zero-order chi connectivity index (χ0) is 21.9. The molecule has 1 aliphatic rings. The second kappa shape index (κ2) is 8.71. The SMILES string of the molecule is CC(=N)C(C(=O)Nc1ccc(C2COC2)cc1)C(=O)Nc1cccc(C(C)(F)F)c1. The molecule has 1 fully saturated rings. The molecule has 0 aliphatic carbocycles. The summed E-state index contributed by atoms with van der Waals surface area (Å²) in [4.78, 5) is 25.3. The van der Waals surface area contributed by atoms with E-state index in [1.165, 1.54) is 25.1 Å². The van der Waals surface area contributed by atoms with E-state index in [2.05, 4.69) is 10.6 Å². The van der Waals surface area contributed by atoms with Crippen molar-refractivity contribution in [2.24, 2.45) is 5.92 Å². The van der Waals surface area contributed by atoms with E-state index in [4.69, 9.17) is 10.1 Å². The van der Waals surface area contributed by atoms with Crippen LogP contribution in [-0.4, -0.2) is 30.7 Å². The van der Waals surface area contributed by atoms with E-state index < -0.39 is 23.7 Å². The van der Waals surface area contributed by atoms with Gasteiger partial charge in [0.05, 0.1) is 13.2 Å². The van der Waals surface area contributed by atoms with Gasteiger partial charge in [-0.2, -0.15) is 0 Å². The van der Waals surface area contributed by atoms with E-state index >= 15 is 0 Å². The molecule has 2 aromatic carbocycles. The van der Waals surface area contributed by atoms with E-state index in [-0.39, 0.29) is 17.0 Å². The molecule has 3 N–H and O–H groups in total. The van der Waals surface area contributed by atoms with Crippen molar-refractivity contribution in [2.45, 2.75) is 25.7 Å². The summed E-state index contributed by atoms with van der Waals surface area (Å²) < 4.78 is 32.2. The third-order valence-corrected chi connectivity index (χ3v) is 4.88. The minimum Gasteiger partial charge on any atom is -0.380 e. The molecule has 0 saturated carbocycles. The van der Waals surface area contributed by atoms with Crippen molar-refractivity contribution in [2.75, 3.05) is 23.8 Å². The van der Waals surface area contributed by atoms with Crippen LogP contribution < -0.4 is 10.6 Å². The molecule has 158 valence electrons. The number of carbonyl (C=O) groups is 2. The van der Waals surface area contributed by atoms with Gasteiger partial charge in [0.15, 0.2) is 5.92 Å². The maximum Gasteiger partial charge on any atom is 0.270 e. The summed E-state index contributed by atoms with van der Waals surface area (Å²) in [6.45, 7) is 3.45. The van der Waals surface area contributed by atoms with Gasteiger partial charge in [0, 0.05) is 35.5 Å². The maximum atomic E-state index is 13.5. The van der Waals surface area contributed by atoms with E-state index in [0.29, 0.717) is 24.8 Å². The Bertz CT molecular complexity index is 951. The van der Waals surface area contributed by atoms with Crippen LogP contribution in [-0.2, 0) is 20.2 Å². The highest BCUT2D eigenvalue weighted by atomic mass is 19.3. The summed E-state index contributed by atoms with van der Waals surface area (Å²) in [5.41, 5.74) is 1.31. The number of nitrogens with one attached hydrogen (secondary N) is 3. The molecule has 0 radical (unpaired) electrons. The van der Waals surface area contributed by atoms with Gasteiger partial charge in [-0.3, -0.25) is 9.59 Å². The van der Waals surface area contributed by atoms with Gasteiger partial charge in [0.25, 0.3) is 5.92 Å². The lowest BCUT2D eigenvalue weighted by Gasteiger charge is -2.26. The van der Waals surface area contributed by atoms with Crippen LogP contribution in [0.15, 0.2) is 48.5 Å². The molecule has 0 bridgehead atoms. The van der Waals surface area contributed by atoms with Gasteiger partial charge in [-0.25, -0.2) is 8.78 Å². The summed E-state index contributed by atoms with van der Waals surface area (Å²) in [6.07, 6.45) is 0. The Balaban J connectivity index is 1.69. The van der Waals surface area contributed by atoms with Crippen LogP contribution >= 0.6 is 0 Å². The first-order valence-electron chi connectivity index (χ1n) is 9.48. The maximum absolute atomic E-state index is 13.5. The highest BCUT2D eigenvalue weighted by Gasteiger charge is 2.30. The fourth-order valence-corrected chi connectivity index (χ4v) is 3.08. The molecule has 2 aromatic rings. The lowest BCUT2D eigenvalue weighted by atomic mass is 9.97. The number of hydrogen-bond donors (Lipinski definition) is 3. The number of anilines is 2. The molecule has 2 amide bonds. The molecule has 3 rings (SSSR count).